The second-order valence-corrected chi connectivity index (χ2v) is 6.36. The van der Waals surface area contributed by atoms with Crippen molar-refractivity contribution in [3.63, 3.8) is 0 Å². The van der Waals surface area contributed by atoms with Crippen molar-refractivity contribution in [2.45, 2.75) is 45.3 Å². The standard InChI is InChI=1S/C19H24N2O2/c1-13-12-17(14(2)21(13)16-8-9-16)19(23)20-11-10-18(22)15-6-4-3-5-7-15/h3-7,12,16,18,22H,8-11H2,1-2H3,(H,20,23). The number of aliphatic hydroxyl groups is 1. The molecule has 3 rings (SSSR count). The van der Waals surface area contributed by atoms with Crippen molar-refractivity contribution in [3.8, 4) is 0 Å². The predicted molar refractivity (Wildman–Crippen MR) is 90.5 cm³/mol. The summed E-state index contributed by atoms with van der Waals surface area (Å²) in [5.74, 6) is -0.0507. The number of benzene rings is 1. The molecule has 1 aromatic carbocycles. The van der Waals surface area contributed by atoms with Crippen LogP contribution in [0.3, 0.4) is 0 Å². The highest BCUT2D eigenvalue weighted by Gasteiger charge is 2.28. The Morgan fingerprint density at radius 3 is 2.65 bits per heavy atom. The molecule has 1 atom stereocenters. The molecule has 1 heterocycles. The molecule has 23 heavy (non-hydrogen) atoms. The highest BCUT2D eigenvalue weighted by Crippen LogP contribution is 2.38. The maximum Gasteiger partial charge on any atom is 0.253 e. The molecule has 0 bridgehead atoms. The lowest BCUT2D eigenvalue weighted by molar-refractivity contribution is 0.0942. The quantitative estimate of drug-likeness (QED) is 0.860. The van der Waals surface area contributed by atoms with Gasteiger partial charge in [-0.05, 0) is 44.7 Å². The van der Waals surface area contributed by atoms with Crippen LogP contribution in [0.15, 0.2) is 36.4 Å². The number of carbonyl (C=O) groups is 1. The Bertz CT molecular complexity index is 687. The van der Waals surface area contributed by atoms with Crippen molar-refractivity contribution >= 4 is 5.91 Å². The van der Waals surface area contributed by atoms with Crippen molar-refractivity contribution in [1.82, 2.24) is 9.88 Å². The van der Waals surface area contributed by atoms with Crippen molar-refractivity contribution in [1.29, 1.82) is 0 Å². The molecule has 1 fully saturated rings. The molecule has 1 unspecified atom stereocenters. The van der Waals surface area contributed by atoms with Crippen LogP contribution in [0.5, 0.6) is 0 Å². The number of amides is 1. The molecular formula is C19H24N2O2. The molecule has 1 aliphatic rings. The molecule has 4 heteroatoms. The summed E-state index contributed by atoms with van der Waals surface area (Å²) in [6.45, 7) is 4.53. The Labute approximate surface area is 137 Å². The predicted octanol–water partition coefficient (Wildman–Crippen LogP) is 3.29. The molecule has 2 N–H and O–H groups in total. The SMILES string of the molecule is Cc1cc(C(=O)NCCC(O)c2ccccc2)c(C)n1C1CC1. The molecule has 122 valence electrons. The third-order valence-electron chi connectivity index (χ3n) is 4.53. The van der Waals surface area contributed by atoms with E-state index in [0.717, 1.165) is 22.5 Å². The minimum absolute atomic E-state index is 0.0507. The van der Waals surface area contributed by atoms with E-state index in [1.54, 1.807) is 0 Å². The van der Waals surface area contributed by atoms with Crippen LogP contribution in [-0.4, -0.2) is 22.1 Å². The molecule has 0 radical (unpaired) electrons. The summed E-state index contributed by atoms with van der Waals surface area (Å²) in [4.78, 5) is 12.4. The Hall–Kier alpha value is -2.07. The van der Waals surface area contributed by atoms with Gasteiger partial charge >= 0.3 is 0 Å². The van der Waals surface area contributed by atoms with E-state index in [4.69, 9.17) is 0 Å². The van der Waals surface area contributed by atoms with Gasteiger partial charge in [-0.15, -0.1) is 0 Å². The number of nitrogens with zero attached hydrogens (tertiary/aromatic N) is 1. The Morgan fingerprint density at radius 1 is 1.30 bits per heavy atom. The third kappa shape index (κ3) is 3.48. The Kier molecular flexibility index (Phi) is 4.53. The van der Waals surface area contributed by atoms with Crippen LogP contribution in [0.1, 0.15) is 58.7 Å². The van der Waals surface area contributed by atoms with Crippen LogP contribution in [0.25, 0.3) is 0 Å². The number of aromatic nitrogens is 1. The molecule has 2 aromatic rings. The molecule has 1 aromatic heterocycles. The van der Waals surface area contributed by atoms with Gasteiger partial charge in [0, 0.05) is 24.0 Å². The second-order valence-electron chi connectivity index (χ2n) is 6.36. The second kappa shape index (κ2) is 6.59. The van der Waals surface area contributed by atoms with Gasteiger partial charge in [-0.3, -0.25) is 4.79 Å². The van der Waals surface area contributed by atoms with Gasteiger partial charge in [-0.1, -0.05) is 30.3 Å². The summed E-state index contributed by atoms with van der Waals surface area (Å²) >= 11 is 0. The highest BCUT2D eigenvalue weighted by molar-refractivity contribution is 5.95. The van der Waals surface area contributed by atoms with Gasteiger partial charge in [0.15, 0.2) is 0 Å². The van der Waals surface area contributed by atoms with Crippen LogP contribution in [-0.2, 0) is 0 Å². The number of rotatable bonds is 6. The average molecular weight is 312 g/mol. The zero-order chi connectivity index (χ0) is 16.4. The van der Waals surface area contributed by atoms with Gasteiger partial charge in [0.05, 0.1) is 11.7 Å². The number of hydrogen-bond donors (Lipinski definition) is 2. The van der Waals surface area contributed by atoms with Crippen molar-refractivity contribution in [2.24, 2.45) is 0 Å². The molecule has 0 spiro atoms. The summed E-state index contributed by atoms with van der Waals surface area (Å²) in [6, 6.07) is 12.1. The zero-order valence-corrected chi connectivity index (χ0v) is 13.7. The summed E-state index contributed by atoms with van der Waals surface area (Å²) in [6.07, 6.45) is 2.38. The smallest absolute Gasteiger partial charge is 0.253 e. The monoisotopic (exact) mass is 312 g/mol. The molecule has 1 saturated carbocycles. The van der Waals surface area contributed by atoms with Gasteiger partial charge in [0.25, 0.3) is 5.91 Å². The van der Waals surface area contributed by atoms with Gasteiger partial charge < -0.3 is 15.0 Å². The summed E-state index contributed by atoms with van der Waals surface area (Å²) < 4.78 is 2.27. The van der Waals surface area contributed by atoms with Crippen LogP contribution in [0.2, 0.25) is 0 Å². The van der Waals surface area contributed by atoms with Crippen LogP contribution >= 0.6 is 0 Å². The van der Waals surface area contributed by atoms with Crippen molar-refractivity contribution in [3.05, 3.63) is 58.9 Å². The Balaban J connectivity index is 1.57. The van der Waals surface area contributed by atoms with E-state index < -0.39 is 6.10 Å². The van der Waals surface area contributed by atoms with Gasteiger partial charge in [0.1, 0.15) is 0 Å². The number of hydrogen-bond acceptors (Lipinski definition) is 2. The first-order valence-corrected chi connectivity index (χ1v) is 8.27. The fraction of sp³-hybridized carbons (Fsp3) is 0.421. The Morgan fingerprint density at radius 2 is 2.00 bits per heavy atom. The van der Waals surface area contributed by atoms with E-state index in [2.05, 4.69) is 16.8 Å². The third-order valence-corrected chi connectivity index (χ3v) is 4.53. The number of nitrogens with one attached hydrogen (secondary N) is 1. The largest absolute Gasteiger partial charge is 0.388 e. The molecular weight excluding hydrogens is 288 g/mol. The van der Waals surface area contributed by atoms with E-state index in [-0.39, 0.29) is 5.91 Å². The molecule has 0 saturated heterocycles. The van der Waals surface area contributed by atoms with E-state index in [9.17, 15) is 9.90 Å². The van der Waals surface area contributed by atoms with Gasteiger partial charge in [-0.25, -0.2) is 0 Å². The summed E-state index contributed by atoms with van der Waals surface area (Å²) in [5, 5.41) is 13.1. The highest BCUT2D eigenvalue weighted by atomic mass is 16.3. The summed E-state index contributed by atoms with van der Waals surface area (Å²) in [5.41, 5.74) is 3.84. The molecule has 1 amide bonds. The van der Waals surface area contributed by atoms with E-state index in [1.165, 1.54) is 12.8 Å². The van der Waals surface area contributed by atoms with Crippen LogP contribution < -0.4 is 5.32 Å². The number of aliphatic hydroxyl groups excluding tert-OH is 1. The minimum Gasteiger partial charge on any atom is -0.388 e. The fourth-order valence-corrected chi connectivity index (χ4v) is 3.16. The molecule has 1 aliphatic carbocycles. The maximum absolute atomic E-state index is 12.4. The van der Waals surface area contributed by atoms with Crippen molar-refractivity contribution in [2.75, 3.05) is 6.54 Å². The van der Waals surface area contributed by atoms with Crippen molar-refractivity contribution < 1.29 is 9.90 Å². The lowest BCUT2D eigenvalue weighted by atomic mass is 10.1. The molecule has 4 nitrogen and oxygen atoms in total. The number of carbonyl (C=O) groups excluding carboxylic acids is 1. The summed E-state index contributed by atoms with van der Waals surface area (Å²) in [7, 11) is 0. The normalized spacial score (nSPS) is 15.4. The van der Waals surface area contributed by atoms with E-state index >= 15 is 0 Å². The first kappa shape index (κ1) is 15.8. The first-order valence-electron chi connectivity index (χ1n) is 8.27. The lowest BCUT2D eigenvalue weighted by Gasteiger charge is -2.12. The maximum atomic E-state index is 12.4. The van der Waals surface area contributed by atoms with E-state index in [0.29, 0.717) is 19.0 Å². The topological polar surface area (TPSA) is 54.3 Å². The fourth-order valence-electron chi connectivity index (χ4n) is 3.16. The van der Waals surface area contributed by atoms with Gasteiger partial charge in [0.2, 0.25) is 0 Å². The van der Waals surface area contributed by atoms with E-state index in [1.807, 2.05) is 43.3 Å². The zero-order valence-electron chi connectivity index (χ0n) is 13.7. The lowest BCUT2D eigenvalue weighted by Crippen LogP contribution is -2.26. The minimum atomic E-state index is -0.546. The average Bonchev–Trinajstić information content (AvgIpc) is 3.33. The van der Waals surface area contributed by atoms with Gasteiger partial charge in [-0.2, -0.15) is 0 Å². The molecule has 0 aliphatic heterocycles. The first-order chi connectivity index (χ1) is 11.1. The van der Waals surface area contributed by atoms with Crippen LogP contribution in [0, 0.1) is 13.8 Å². The number of aryl methyl sites for hydroxylation is 1. The van der Waals surface area contributed by atoms with Crippen LogP contribution in [0.4, 0.5) is 0 Å².